The third-order valence-corrected chi connectivity index (χ3v) is 3.63. The van der Waals surface area contributed by atoms with Gasteiger partial charge in [-0.15, -0.1) is 0 Å². The van der Waals surface area contributed by atoms with Gasteiger partial charge < -0.3 is 9.15 Å². The van der Waals surface area contributed by atoms with E-state index in [1.807, 2.05) is 30.3 Å². The van der Waals surface area contributed by atoms with Gasteiger partial charge in [0.15, 0.2) is 5.75 Å². The van der Waals surface area contributed by atoms with Crippen molar-refractivity contribution >= 4 is 42.8 Å². The topological polar surface area (TPSA) is 59.0 Å². The molecule has 2 heterocycles. The first kappa shape index (κ1) is 13.2. The minimum Gasteiger partial charge on any atom is -0.442 e. The average Bonchev–Trinajstić information content (AvgIpc) is 2.80. The highest BCUT2D eigenvalue weighted by Crippen LogP contribution is 2.37. The molecule has 0 saturated carbocycles. The summed E-state index contributed by atoms with van der Waals surface area (Å²) in [5.41, 5.74) is 0.604. The Morgan fingerprint density at radius 1 is 1.25 bits per heavy atom. The lowest BCUT2D eigenvalue weighted by molar-refractivity contribution is 0.447. The Hall–Kier alpha value is -1.84. The molecule has 20 heavy (non-hydrogen) atoms. The standard InChI is InChI=1S/C14H6Br2N2O2/c15-8-5-10(16)14(18-7-8)20-13-9-3-1-2-4-11(9)19-12(13)6-17/h1-5,7H. The molecule has 0 bridgehead atoms. The maximum atomic E-state index is 9.15. The summed E-state index contributed by atoms with van der Waals surface area (Å²) in [5, 5.41) is 9.88. The summed E-state index contributed by atoms with van der Waals surface area (Å²) in [7, 11) is 0. The second-order valence-electron chi connectivity index (χ2n) is 3.91. The number of fused-ring (bicyclic) bond motifs is 1. The molecule has 0 amide bonds. The van der Waals surface area contributed by atoms with Gasteiger partial charge in [0.1, 0.15) is 11.7 Å². The van der Waals surface area contributed by atoms with Crippen LogP contribution in [-0.2, 0) is 0 Å². The molecule has 0 unspecified atom stereocenters. The highest BCUT2D eigenvalue weighted by atomic mass is 79.9. The van der Waals surface area contributed by atoms with E-state index < -0.39 is 0 Å². The van der Waals surface area contributed by atoms with E-state index in [1.165, 1.54) is 0 Å². The van der Waals surface area contributed by atoms with Crippen molar-refractivity contribution in [3.05, 3.63) is 51.2 Å². The summed E-state index contributed by atoms with van der Waals surface area (Å²) in [6.07, 6.45) is 1.62. The van der Waals surface area contributed by atoms with Crippen LogP contribution in [0.2, 0.25) is 0 Å². The molecule has 0 fully saturated rings. The van der Waals surface area contributed by atoms with Crippen molar-refractivity contribution in [3.63, 3.8) is 0 Å². The van der Waals surface area contributed by atoms with Gasteiger partial charge in [0, 0.05) is 10.7 Å². The SMILES string of the molecule is N#Cc1oc2ccccc2c1Oc1ncc(Br)cc1Br. The largest absolute Gasteiger partial charge is 0.442 e. The van der Waals surface area contributed by atoms with E-state index >= 15 is 0 Å². The number of nitrogens with zero attached hydrogens (tertiary/aromatic N) is 2. The van der Waals surface area contributed by atoms with Crippen LogP contribution in [0, 0.1) is 11.3 Å². The molecule has 0 N–H and O–H groups in total. The van der Waals surface area contributed by atoms with Crippen LogP contribution in [0.25, 0.3) is 11.0 Å². The predicted octanol–water partition coefficient (Wildman–Crippen LogP) is 5.02. The fourth-order valence-corrected chi connectivity index (χ4v) is 2.84. The summed E-state index contributed by atoms with van der Waals surface area (Å²) in [4.78, 5) is 4.17. The number of benzene rings is 1. The van der Waals surface area contributed by atoms with Crippen molar-refractivity contribution in [2.75, 3.05) is 0 Å². The zero-order valence-electron chi connectivity index (χ0n) is 9.93. The summed E-state index contributed by atoms with van der Waals surface area (Å²) < 4.78 is 12.7. The lowest BCUT2D eigenvalue weighted by Crippen LogP contribution is -1.90. The fraction of sp³-hybridized carbons (Fsp3) is 0. The van der Waals surface area contributed by atoms with E-state index in [4.69, 9.17) is 14.4 Å². The zero-order valence-corrected chi connectivity index (χ0v) is 13.1. The minimum atomic E-state index is 0.128. The normalized spacial score (nSPS) is 10.4. The van der Waals surface area contributed by atoms with E-state index in [0.29, 0.717) is 21.7 Å². The van der Waals surface area contributed by atoms with Crippen LogP contribution in [0.4, 0.5) is 0 Å². The lowest BCUT2D eigenvalue weighted by Gasteiger charge is -2.05. The summed E-state index contributed by atoms with van der Waals surface area (Å²) >= 11 is 6.70. The monoisotopic (exact) mass is 392 g/mol. The molecule has 2 aromatic heterocycles. The van der Waals surface area contributed by atoms with E-state index in [1.54, 1.807) is 12.3 Å². The zero-order chi connectivity index (χ0) is 14.1. The quantitative estimate of drug-likeness (QED) is 0.613. The number of nitriles is 1. The Kier molecular flexibility index (Phi) is 3.47. The average molecular weight is 394 g/mol. The van der Waals surface area contributed by atoms with Crippen molar-refractivity contribution in [2.45, 2.75) is 0 Å². The van der Waals surface area contributed by atoms with Crippen molar-refractivity contribution < 1.29 is 9.15 Å². The van der Waals surface area contributed by atoms with Crippen molar-refractivity contribution in [1.29, 1.82) is 5.26 Å². The third kappa shape index (κ3) is 2.30. The van der Waals surface area contributed by atoms with E-state index in [9.17, 15) is 0 Å². The highest BCUT2D eigenvalue weighted by Gasteiger charge is 2.17. The maximum Gasteiger partial charge on any atom is 0.247 e. The van der Waals surface area contributed by atoms with Crippen LogP contribution in [0.3, 0.4) is 0 Å². The Morgan fingerprint density at radius 3 is 2.80 bits per heavy atom. The second-order valence-corrected chi connectivity index (χ2v) is 5.68. The van der Waals surface area contributed by atoms with Gasteiger partial charge in [-0.2, -0.15) is 5.26 Å². The number of rotatable bonds is 2. The van der Waals surface area contributed by atoms with Crippen LogP contribution >= 0.6 is 31.9 Å². The van der Waals surface area contributed by atoms with Gasteiger partial charge in [-0.05, 0) is 50.1 Å². The number of aromatic nitrogens is 1. The molecule has 0 radical (unpaired) electrons. The lowest BCUT2D eigenvalue weighted by atomic mass is 10.2. The summed E-state index contributed by atoms with van der Waals surface area (Å²) in [5.74, 6) is 0.873. The number of pyridine rings is 1. The van der Waals surface area contributed by atoms with Gasteiger partial charge in [-0.1, -0.05) is 12.1 Å². The first-order valence-corrected chi connectivity index (χ1v) is 7.18. The molecule has 0 saturated heterocycles. The Labute approximate surface area is 131 Å². The number of para-hydroxylation sites is 1. The molecule has 3 rings (SSSR count). The molecule has 6 heteroatoms. The predicted molar refractivity (Wildman–Crippen MR) is 80.6 cm³/mol. The van der Waals surface area contributed by atoms with Gasteiger partial charge >= 0.3 is 0 Å². The number of hydrogen-bond acceptors (Lipinski definition) is 4. The van der Waals surface area contributed by atoms with Crippen LogP contribution in [0.1, 0.15) is 5.76 Å². The molecule has 0 spiro atoms. The third-order valence-electron chi connectivity index (χ3n) is 2.62. The first-order chi connectivity index (χ1) is 9.69. The number of ether oxygens (including phenoxy) is 1. The molecule has 98 valence electrons. The number of hydrogen-bond donors (Lipinski definition) is 0. The van der Waals surface area contributed by atoms with Gasteiger partial charge in [-0.25, -0.2) is 4.98 Å². The number of furan rings is 1. The summed E-state index contributed by atoms with van der Waals surface area (Å²) in [6, 6.07) is 11.1. The minimum absolute atomic E-state index is 0.128. The van der Waals surface area contributed by atoms with Crippen LogP contribution < -0.4 is 4.74 Å². The smallest absolute Gasteiger partial charge is 0.247 e. The molecule has 3 aromatic rings. The number of halogens is 2. The van der Waals surface area contributed by atoms with E-state index in [0.717, 1.165) is 9.86 Å². The molecule has 4 nitrogen and oxygen atoms in total. The van der Waals surface area contributed by atoms with Gasteiger partial charge in [0.25, 0.3) is 0 Å². The maximum absolute atomic E-state index is 9.15. The van der Waals surface area contributed by atoms with Crippen LogP contribution in [0.15, 0.2) is 49.9 Å². The van der Waals surface area contributed by atoms with Gasteiger partial charge in [0.05, 0.1) is 9.86 Å². The molecular weight excluding hydrogens is 388 g/mol. The Bertz CT molecular complexity index is 837. The Balaban J connectivity index is 2.12. The van der Waals surface area contributed by atoms with Gasteiger partial charge in [0.2, 0.25) is 11.6 Å². The van der Waals surface area contributed by atoms with Crippen molar-refractivity contribution in [2.24, 2.45) is 0 Å². The molecular formula is C14H6Br2N2O2. The first-order valence-electron chi connectivity index (χ1n) is 5.59. The molecule has 1 aromatic carbocycles. The van der Waals surface area contributed by atoms with E-state index in [-0.39, 0.29) is 5.76 Å². The second kappa shape index (κ2) is 5.27. The van der Waals surface area contributed by atoms with Crippen LogP contribution in [0.5, 0.6) is 11.6 Å². The van der Waals surface area contributed by atoms with Crippen molar-refractivity contribution in [1.82, 2.24) is 4.98 Å². The molecule has 0 atom stereocenters. The Morgan fingerprint density at radius 2 is 2.05 bits per heavy atom. The van der Waals surface area contributed by atoms with Crippen LogP contribution in [-0.4, -0.2) is 4.98 Å². The molecule has 0 aliphatic rings. The van der Waals surface area contributed by atoms with Gasteiger partial charge in [-0.3, -0.25) is 0 Å². The summed E-state index contributed by atoms with van der Waals surface area (Å²) in [6.45, 7) is 0. The molecule has 0 aliphatic carbocycles. The van der Waals surface area contributed by atoms with Crippen molar-refractivity contribution in [3.8, 4) is 17.7 Å². The highest BCUT2D eigenvalue weighted by molar-refractivity contribution is 9.11. The molecule has 0 aliphatic heterocycles. The van der Waals surface area contributed by atoms with E-state index in [2.05, 4.69) is 36.8 Å². The fourth-order valence-electron chi connectivity index (χ4n) is 1.77.